The van der Waals surface area contributed by atoms with Crippen molar-refractivity contribution in [2.75, 3.05) is 18.4 Å². The number of amides is 1. The first-order valence-electron chi connectivity index (χ1n) is 7.26. The molecule has 1 aromatic carbocycles. The molecule has 3 rings (SSSR count). The Labute approximate surface area is 140 Å². The molecule has 1 amide bonds. The molecule has 2 N–H and O–H groups in total. The van der Waals surface area contributed by atoms with Crippen LogP contribution in [0.5, 0.6) is 0 Å². The summed E-state index contributed by atoms with van der Waals surface area (Å²) in [5.74, 6) is -1.16. The van der Waals surface area contributed by atoms with Gasteiger partial charge in [-0.15, -0.1) is 0 Å². The third-order valence-corrected chi connectivity index (χ3v) is 3.52. The molecule has 25 heavy (non-hydrogen) atoms. The number of likely N-dealkylation sites (tertiary alicyclic amines) is 1. The molecule has 9 heteroatoms. The molecule has 0 radical (unpaired) electrons. The molecular formula is C16H13F3N4O2. The van der Waals surface area contributed by atoms with Gasteiger partial charge >= 0.3 is 12.3 Å². The van der Waals surface area contributed by atoms with Gasteiger partial charge in [0.15, 0.2) is 0 Å². The zero-order valence-corrected chi connectivity index (χ0v) is 12.8. The van der Waals surface area contributed by atoms with Crippen LogP contribution in [-0.2, 0) is 6.18 Å². The van der Waals surface area contributed by atoms with Gasteiger partial charge in [-0.1, -0.05) is 18.2 Å². The lowest BCUT2D eigenvalue weighted by Crippen LogP contribution is -2.43. The second kappa shape index (κ2) is 6.42. The van der Waals surface area contributed by atoms with Crippen LogP contribution in [0.1, 0.15) is 11.4 Å². The number of benzene rings is 1. The number of anilines is 2. The van der Waals surface area contributed by atoms with Crippen molar-refractivity contribution < 1.29 is 23.1 Å². The number of carboxylic acid groups (broad SMARTS) is 1. The highest BCUT2D eigenvalue weighted by atomic mass is 19.4. The first-order chi connectivity index (χ1) is 11.8. The van der Waals surface area contributed by atoms with E-state index < -0.39 is 18.1 Å². The summed E-state index contributed by atoms with van der Waals surface area (Å²) in [4.78, 5) is 18.6. The summed E-state index contributed by atoms with van der Waals surface area (Å²) in [5, 5.41) is 11.6. The predicted octanol–water partition coefficient (Wildman–Crippen LogP) is 3.62. The molecule has 1 aromatic heterocycles. The number of halogens is 3. The zero-order chi connectivity index (χ0) is 18.0. The fraction of sp³-hybridized carbons (Fsp3) is 0.188. The molecule has 1 aliphatic rings. The van der Waals surface area contributed by atoms with Crippen LogP contribution in [-0.4, -0.2) is 39.2 Å². The van der Waals surface area contributed by atoms with Gasteiger partial charge in [0.05, 0.1) is 0 Å². The van der Waals surface area contributed by atoms with E-state index in [-0.39, 0.29) is 5.82 Å². The highest BCUT2D eigenvalue weighted by Crippen LogP contribution is 2.27. The van der Waals surface area contributed by atoms with Crippen LogP contribution in [0.4, 0.5) is 29.5 Å². The normalized spacial score (nSPS) is 14.0. The highest BCUT2D eigenvalue weighted by Gasteiger charge is 2.34. The van der Waals surface area contributed by atoms with Gasteiger partial charge in [-0.2, -0.15) is 13.2 Å². The number of aromatic nitrogens is 2. The molecule has 0 atom stereocenters. The molecule has 0 aliphatic carbocycles. The molecule has 1 fully saturated rings. The molecule has 0 spiro atoms. The van der Waals surface area contributed by atoms with Crippen LogP contribution < -0.4 is 5.32 Å². The number of hydrogen-bond acceptors (Lipinski definition) is 4. The molecule has 130 valence electrons. The van der Waals surface area contributed by atoms with E-state index in [1.165, 1.54) is 11.0 Å². The van der Waals surface area contributed by atoms with E-state index in [0.717, 1.165) is 17.3 Å². The van der Waals surface area contributed by atoms with Gasteiger partial charge in [-0.05, 0) is 29.3 Å². The van der Waals surface area contributed by atoms with Crippen LogP contribution in [0.15, 0.2) is 42.1 Å². The standard InChI is InChI=1S/C16H13F3N4O2/c17-16(18,19)14-20-6-5-13(22-14)21-12-3-1-10(2-4-12)7-11-8-23(9-11)15(24)25/h1-7H,8-9H2,(H,24,25)(H,20,21,22). The van der Waals surface area contributed by atoms with Crippen LogP contribution in [0.2, 0.25) is 0 Å². The second-order valence-electron chi connectivity index (χ2n) is 5.45. The van der Waals surface area contributed by atoms with Gasteiger partial charge < -0.3 is 15.3 Å². The Hall–Kier alpha value is -3.10. The first kappa shape index (κ1) is 16.7. The summed E-state index contributed by atoms with van der Waals surface area (Å²) < 4.78 is 37.8. The first-order valence-corrected chi connectivity index (χ1v) is 7.26. The monoisotopic (exact) mass is 350 g/mol. The van der Waals surface area contributed by atoms with Crippen molar-refractivity contribution in [2.24, 2.45) is 0 Å². The summed E-state index contributed by atoms with van der Waals surface area (Å²) in [6.45, 7) is 0.771. The summed E-state index contributed by atoms with van der Waals surface area (Å²) in [6.07, 6.45) is -2.61. The average molecular weight is 350 g/mol. The van der Waals surface area contributed by atoms with Gasteiger partial charge in [0.25, 0.3) is 0 Å². The minimum atomic E-state index is -4.60. The zero-order valence-electron chi connectivity index (χ0n) is 12.8. The number of hydrogen-bond donors (Lipinski definition) is 2. The quantitative estimate of drug-likeness (QED) is 0.884. The summed E-state index contributed by atoms with van der Waals surface area (Å²) in [5.41, 5.74) is 2.45. The molecular weight excluding hydrogens is 337 g/mol. The van der Waals surface area contributed by atoms with Gasteiger partial charge in [-0.3, -0.25) is 0 Å². The third kappa shape index (κ3) is 4.06. The van der Waals surface area contributed by atoms with E-state index in [2.05, 4.69) is 15.3 Å². The number of alkyl halides is 3. The summed E-state index contributed by atoms with van der Waals surface area (Å²) in [6, 6.07) is 8.32. The molecule has 1 aliphatic heterocycles. The maximum absolute atomic E-state index is 12.6. The maximum Gasteiger partial charge on any atom is 0.451 e. The predicted molar refractivity (Wildman–Crippen MR) is 84.3 cm³/mol. The van der Waals surface area contributed by atoms with Crippen molar-refractivity contribution in [2.45, 2.75) is 6.18 Å². The second-order valence-corrected chi connectivity index (χ2v) is 5.45. The average Bonchev–Trinajstić information content (AvgIpc) is 2.51. The Bertz CT molecular complexity index is 811. The molecule has 0 unspecified atom stereocenters. The number of nitrogens with zero attached hydrogens (tertiary/aromatic N) is 3. The highest BCUT2D eigenvalue weighted by molar-refractivity contribution is 5.70. The van der Waals surface area contributed by atoms with Crippen molar-refractivity contribution in [3.63, 3.8) is 0 Å². The van der Waals surface area contributed by atoms with E-state index in [9.17, 15) is 18.0 Å². The van der Waals surface area contributed by atoms with Gasteiger partial charge in [-0.25, -0.2) is 14.8 Å². The number of carbonyl (C=O) groups is 1. The van der Waals surface area contributed by atoms with Crippen LogP contribution in [0, 0.1) is 0 Å². The molecule has 2 heterocycles. The lowest BCUT2D eigenvalue weighted by molar-refractivity contribution is -0.144. The molecule has 1 saturated heterocycles. The molecule has 0 saturated carbocycles. The van der Waals surface area contributed by atoms with Gasteiger partial charge in [0.1, 0.15) is 5.82 Å². The smallest absolute Gasteiger partial charge is 0.451 e. The van der Waals surface area contributed by atoms with E-state index in [0.29, 0.717) is 18.8 Å². The van der Waals surface area contributed by atoms with Gasteiger partial charge in [0, 0.05) is 25.0 Å². The Morgan fingerprint density at radius 3 is 2.48 bits per heavy atom. The summed E-state index contributed by atoms with van der Waals surface area (Å²) in [7, 11) is 0. The SMILES string of the molecule is O=C(O)N1CC(=Cc2ccc(Nc3ccnc(C(F)(F)F)n3)cc2)C1. The van der Waals surface area contributed by atoms with E-state index in [1.54, 1.807) is 24.3 Å². The minimum Gasteiger partial charge on any atom is -0.465 e. The lowest BCUT2D eigenvalue weighted by atomic mass is 10.0. The Kier molecular flexibility index (Phi) is 4.30. The molecule has 6 nitrogen and oxygen atoms in total. The van der Waals surface area contributed by atoms with Crippen molar-refractivity contribution in [3.05, 3.63) is 53.5 Å². The van der Waals surface area contributed by atoms with E-state index in [4.69, 9.17) is 5.11 Å². The molecule has 0 bridgehead atoms. The van der Waals surface area contributed by atoms with Crippen molar-refractivity contribution in [3.8, 4) is 0 Å². The van der Waals surface area contributed by atoms with Gasteiger partial charge in [0.2, 0.25) is 5.82 Å². The van der Waals surface area contributed by atoms with E-state index >= 15 is 0 Å². The number of nitrogens with one attached hydrogen (secondary N) is 1. The minimum absolute atomic E-state index is 0.0459. The van der Waals surface area contributed by atoms with Crippen molar-refractivity contribution in [1.82, 2.24) is 14.9 Å². The topological polar surface area (TPSA) is 78.4 Å². The third-order valence-electron chi connectivity index (χ3n) is 3.52. The maximum atomic E-state index is 12.6. The fourth-order valence-electron chi connectivity index (χ4n) is 2.28. The van der Waals surface area contributed by atoms with Crippen molar-refractivity contribution >= 4 is 23.7 Å². The Morgan fingerprint density at radius 2 is 1.88 bits per heavy atom. The number of rotatable bonds is 3. The van der Waals surface area contributed by atoms with Crippen LogP contribution >= 0.6 is 0 Å². The Balaban J connectivity index is 1.66. The van der Waals surface area contributed by atoms with E-state index in [1.807, 2.05) is 6.08 Å². The summed E-state index contributed by atoms with van der Waals surface area (Å²) >= 11 is 0. The largest absolute Gasteiger partial charge is 0.465 e. The van der Waals surface area contributed by atoms with Crippen molar-refractivity contribution in [1.29, 1.82) is 0 Å². The van der Waals surface area contributed by atoms with Crippen LogP contribution in [0.25, 0.3) is 6.08 Å². The van der Waals surface area contributed by atoms with Crippen LogP contribution in [0.3, 0.4) is 0 Å². The molecule has 2 aromatic rings. The Morgan fingerprint density at radius 1 is 1.20 bits per heavy atom. The fourth-order valence-corrected chi connectivity index (χ4v) is 2.28. The lowest BCUT2D eigenvalue weighted by Gasteiger charge is -2.31.